The van der Waals surface area contributed by atoms with Gasteiger partial charge in [0.05, 0.1) is 0 Å². The molecule has 0 bridgehead atoms. The molecular formula is C14H15NO5. The number of aliphatic carboxylic acids is 1. The zero-order valence-electron chi connectivity index (χ0n) is 11.0. The molecule has 6 heteroatoms. The molecule has 1 aromatic carbocycles. The molecule has 6 nitrogen and oxygen atoms in total. The molecule has 1 amide bonds. The lowest BCUT2D eigenvalue weighted by Crippen LogP contribution is -2.40. The molecule has 0 aliphatic rings. The second-order valence-electron chi connectivity index (χ2n) is 4.01. The van der Waals surface area contributed by atoms with Gasteiger partial charge in [-0.15, -0.1) is 6.58 Å². The summed E-state index contributed by atoms with van der Waals surface area (Å²) in [6.07, 6.45) is 1.55. The Bertz CT molecular complexity index is 521. The third-order valence-corrected chi connectivity index (χ3v) is 2.38. The smallest absolute Gasteiger partial charge is 0.326 e. The standard InChI is InChI=1S/C14H15NO5/c1-3-4-12(14(18)19)15-13(17)10-5-7-11(8-6-10)20-9(2)16/h3,5-8,12H,1,4H2,2H3,(H,15,17)(H,18,19)/t12-/m0/s1. The summed E-state index contributed by atoms with van der Waals surface area (Å²) in [5.74, 6) is -1.79. The number of carbonyl (C=O) groups is 3. The summed E-state index contributed by atoms with van der Waals surface area (Å²) in [6, 6.07) is 4.79. The van der Waals surface area contributed by atoms with E-state index < -0.39 is 23.9 Å². The van der Waals surface area contributed by atoms with E-state index in [0.717, 1.165) is 0 Å². The Balaban J connectivity index is 2.74. The topological polar surface area (TPSA) is 92.7 Å². The van der Waals surface area contributed by atoms with E-state index in [9.17, 15) is 14.4 Å². The molecule has 0 aliphatic carbocycles. The molecule has 0 fully saturated rings. The Morgan fingerprint density at radius 2 is 1.95 bits per heavy atom. The fraction of sp³-hybridized carbons (Fsp3) is 0.214. The van der Waals surface area contributed by atoms with Crippen LogP contribution in [-0.2, 0) is 9.59 Å². The molecule has 0 saturated heterocycles. The number of hydrogen-bond donors (Lipinski definition) is 2. The molecule has 0 radical (unpaired) electrons. The van der Waals surface area contributed by atoms with E-state index in [1.807, 2.05) is 0 Å². The third-order valence-electron chi connectivity index (χ3n) is 2.38. The van der Waals surface area contributed by atoms with E-state index in [1.54, 1.807) is 0 Å². The average molecular weight is 277 g/mol. The zero-order valence-corrected chi connectivity index (χ0v) is 11.0. The van der Waals surface area contributed by atoms with Gasteiger partial charge in [-0.2, -0.15) is 0 Å². The summed E-state index contributed by atoms with van der Waals surface area (Å²) < 4.78 is 4.83. The van der Waals surface area contributed by atoms with Crippen LogP contribution < -0.4 is 10.1 Å². The number of carboxylic acids is 1. The number of hydrogen-bond acceptors (Lipinski definition) is 4. The Kier molecular flexibility index (Phi) is 5.46. The largest absolute Gasteiger partial charge is 0.480 e. The Labute approximate surface area is 116 Å². The molecule has 2 N–H and O–H groups in total. The minimum atomic E-state index is -1.13. The Morgan fingerprint density at radius 3 is 2.40 bits per heavy atom. The fourth-order valence-electron chi connectivity index (χ4n) is 1.47. The van der Waals surface area contributed by atoms with E-state index in [4.69, 9.17) is 9.84 Å². The zero-order chi connectivity index (χ0) is 15.1. The van der Waals surface area contributed by atoms with Crippen LogP contribution in [0.3, 0.4) is 0 Å². The first-order valence-corrected chi connectivity index (χ1v) is 5.87. The molecule has 0 unspecified atom stereocenters. The van der Waals surface area contributed by atoms with Gasteiger partial charge in [-0.3, -0.25) is 9.59 Å². The van der Waals surface area contributed by atoms with Gasteiger partial charge in [-0.25, -0.2) is 4.79 Å². The maximum Gasteiger partial charge on any atom is 0.326 e. The highest BCUT2D eigenvalue weighted by Crippen LogP contribution is 2.12. The molecule has 1 atom stereocenters. The second kappa shape index (κ2) is 7.08. The summed E-state index contributed by atoms with van der Waals surface area (Å²) in [5.41, 5.74) is 0.274. The summed E-state index contributed by atoms with van der Waals surface area (Å²) >= 11 is 0. The summed E-state index contributed by atoms with van der Waals surface area (Å²) in [5, 5.41) is 11.3. The van der Waals surface area contributed by atoms with Crippen LogP contribution in [0.2, 0.25) is 0 Å². The van der Waals surface area contributed by atoms with Crippen molar-refractivity contribution in [2.24, 2.45) is 0 Å². The van der Waals surface area contributed by atoms with Crippen molar-refractivity contribution in [1.29, 1.82) is 0 Å². The van der Waals surface area contributed by atoms with E-state index in [1.165, 1.54) is 37.3 Å². The molecular weight excluding hydrogens is 262 g/mol. The van der Waals surface area contributed by atoms with Gasteiger partial charge in [-0.1, -0.05) is 6.08 Å². The first kappa shape index (κ1) is 15.4. The molecule has 0 spiro atoms. The molecule has 1 aromatic rings. The van der Waals surface area contributed by atoms with E-state index >= 15 is 0 Å². The lowest BCUT2D eigenvalue weighted by molar-refractivity contribution is -0.139. The number of benzene rings is 1. The number of esters is 1. The Morgan fingerprint density at radius 1 is 1.35 bits per heavy atom. The molecule has 0 aromatic heterocycles. The van der Waals surface area contributed by atoms with Crippen molar-refractivity contribution in [3.8, 4) is 5.75 Å². The van der Waals surface area contributed by atoms with Crippen LogP contribution in [0.5, 0.6) is 5.75 Å². The minimum absolute atomic E-state index is 0.132. The molecule has 0 heterocycles. The van der Waals surface area contributed by atoms with Gasteiger partial charge >= 0.3 is 11.9 Å². The maximum atomic E-state index is 11.9. The van der Waals surface area contributed by atoms with E-state index in [0.29, 0.717) is 5.75 Å². The number of nitrogens with one attached hydrogen (secondary N) is 1. The molecule has 106 valence electrons. The van der Waals surface area contributed by atoms with Crippen LogP contribution in [-0.4, -0.2) is 29.0 Å². The fourth-order valence-corrected chi connectivity index (χ4v) is 1.47. The van der Waals surface area contributed by atoms with Crippen LogP contribution in [0.4, 0.5) is 0 Å². The SMILES string of the molecule is C=CC[C@H](NC(=O)c1ccc(OC(C)=O)cc1)C(=O)O. The number of rotatable bonds is 6. The van der Waals surface area contributed by atoms with Crippen molar-refractivity contribution in [3.05, 3.63) is 42.5 Å². The number of amides is 1. The van der Waals surface area contributed by atoms with Gasteiger partial charge in [0.2, 0.25) is 0 Å². The highest BCUT2D eigenvalue weighted by molar-refractivity contribution is 5.96. The van der Waals surface area contributed by atoms with Crippen molar-refractivity contribution >= 4 is 17.8 Å². The Hall–Kier alpha value is -2.63. The lowest BCUT2D eigenvalue weighted by atomic mass is 10.1. The minimum Gasteiger partial charge on any atom is -0.480 e. The quantitative estimate of drug-likeness (QED) is 0.465. The average Bonchev–Trinajstić information content (AvgIpc) is 2.38. The number of carbonyl (C=O) groups excluding carboxylic acids is 2. The molecule has 0 aliphatic heterocycles. The van der Waals surface area contributed by atoms with Crippen molar-refractivity contribution < 1.29 is 24.2 Å². The van der Waals surface area contributed by atoms with Crippen LogP contribution in [0.1, 0.15) is 23.7 Å². The summed E-state index contributed by atoms with van der Waals surface area (Å²) in [6.45, 7) is 4.71. The first-order chi connectivity index (χ1) is 9.43. The predicted octanol–water partition coefficient (Wildman–Crippen LogP) is 1.37. The first-order valence-electron chi connectivity index (χ1n) is 5.87. The van der Waals surface area contributed by atoms with Crippen molar-refractivity contribution in [1.82, 2.24) is 5.32 Å². The van der Waals surface area contributed by atoms with E-state index in [-0.39, 0.29) is 12.0 Å². The molecule has 1 rings (SSSR count). The van der Waals surface area contributed by atoms with Gasteiger partial charge in [0.15, 0.2) is 0 Å². The second-order valence-corrected chi connectivity index (χ2v) is 4.01. The predicted molar refractivity (Wildman–Crippen MR) is 71.5 cm³/mol. The van der Waals surface area contributed by atoms with Gasteiger partial charge in [-0.05, 0) is 30.7 Å². The molecule has 0 saturated carbocycles. The van der Waals surface area contributed by atoms with Crippen molar-refractivity contribution in [2.45, 2.75) is 19.4 Å². The third kappa shape index (κ3) is 4.56. The maximum absolute atomic E-state index is 11.9. The van der Waals surface area contributed by atoms with Gasteiger partial charge in [0, 0.05) is 12.5 Å². The monoisotopic (exact) mass is 277 g/mol. The van der Waals surface area contributed by atoms with E-state index in [2.05, 4.69) is 11.9 Å². The van der Waals surface area contributed by atoms with Crippen LogP contribution in [0.25, 0.3) is 0 Å². The highest BCUT2D eigenvalue weighted by atomic mass is 16.5. The normalized spacial score (nSPS) is 11.2. The number of ether oxygens (including phenoxy) is 1. The van der Waals surface area contributed by atoms with Crippen LogP contribution in [0, 0.1) is 0 Å². The van der Waals surface area contributed by atoms with Crippen molar-refractivity contribution in [3.63, 3.8) is 0 Å². The number of carboxylic acid groups (broad SMARTS) is 1. The highest BCUT2D eigenvalue weighted by Gasteiger charge is 2.19. The lowest BCUT2D eigenvalue weighted by Gasteiger charge is -2.12. The van der Waals surface area contributed by atoms with Crippen LogP contribution >= 0.6 is 0 Å². The summed E-state index contributed by atoms with van der Waals surface area (Å²) in [4.78, 5) is 33.5. The van der Waals surface area contributed by atoms with Gasteiger partial charge in [0.25, 0.3) is 5.91 Å². The van der Waals surface area contributed by atoms with Crippen molar-refractivity contribution in [2.75, 3.05) is 0 Å². The van der Waals surface area contributed by atoms with Crippen LogP contribution in [0.15, 0.2) is 36.9 Å². The van der Waals surface area contributed by atoms with Gasteiger partial charge in [0.1, 0.15) is 11.8 Å². The summed E-state index contributed by atoms with van der Waals surface area (Å²) in [7, 11) is 0. The van der Waals surface area contributed by atoms with Gasteiger partial charge < -0.3 is 15.2 Å². The molecule has 20 heavy (non-hydrogen) atoms.